The van der Waals surface area contributed by atoms with Crippen molar-refractivity contribution in [2.45, 2.75) is 38.8 Å². The van der Waals surface area contributed by atoms with E-state index in [9.17, 15) is 0 Å². The number of rotatable bonds is 6. The van der Waals surface area contributed by atoms with Crippen LogP contribution in [0.4, 0.5) is 0 Å². The number of likely N-dealkylation sites (N-methyl/N-ethyl adjacent to an activating group) is 1. The SMILES string of the molecule is CCN(CC)C1CCN(CCC2COCCN2)C1. The van der Waals surface area contributed by atoms with Gasteiger partial charge in [0.05, 0.1) is 13.2 Å². The predicted molar refractivity (Wildman–Crippen MR) is 75.0 cm³/mol. The number of likely N-dealkylation sites (tertiary alicyclic amines) is 1. The maximum absolute atomic E-state index is 5.50. The highest BCUT2D eigenvalue weighted by molar-refractivity contribution is 4.83. The van der Waals surface area contributed by atoms with Crippen LogP contribution in [-0.2, 0) is 4.74 Å². The first-order valence-electron chi connectivity index (χ1n) is 7.61. The summed E-state index contributed by atoms with van der Waals surface area (Å²) in [6, 6.07) is 1.36. The second-order valence-electron chi connectivity index (χ2n) is 5.48. The minimum Gasteiger partial charge on any atom is -0.379 e. The lowest BCUT2D eigenvalue weighted by Crippen LogP contribution is -2.43. The van der Waals surface area contributed by atoms with Gasteiger partial charge in [0.2, 0.25) is 0 Å². The summed E-state index contributed by atoms with van der Waals surface area (Å²) in [6.45, 7) is 13.5. The minimum absolute atomic E-state index is 0.575. The Morgan fingerprint density at radius 2 is 2.17 bits per heavy atom. The summed E-state index contributed by atoms with van der Waals surface area (Å²) < 4.78 is 5.50. The number of hydrogen-bond acceptors (Lipinski definition) is 4. The molecule has 2 aliphatic heterocycles. The molecular formula is C14H29N3O. The Morgan fingerprint density at radius 1 is 1.33 bits per heavy atom. The molecule has 2 unspecified atom stereocenters. The van der Waals surface area contributed by atoms with E-state index in [1.54, 1.807) is 0 Å². The van der Waals surface area contributed by atoms with Crippen molar-refractivity contribution in [3.05, 3.63) is 0 Å². The molecule has 0 saturated carbocycles. The van der Waals surface area contributed by atoms with Gasteiger partial charge in [0, 0.05) is 25.2 Å². The van der Waals surface area contributed by atoms with Crippen molar-refractivity contribution in [3.63, 3.8) is 0 Å². The van der Waals surface area contributed by atoms with E-state index in [4.69, 9.17) is 4.74 Å². The molecule has 1 N–H and O–H groups in total. The van der Waals surface area contributed by atoms with Crippen LogP contribution in [0, 0.1) is 0 Å². The number of nitrogens with zero attached hydrogens (tertiary/aromatic N) is 2. The lowest BCUT2D eigenvalue weighted by Gasteiger charge is -2.28. The van der Waals surface area contributed by atoms with E-state index in [-0.39, 0.29) is 0 Å². The molecule has 4 heteroatoms. The van der Waals surface area contributed by atoms with E-state index in [1.807, 2.05) is 0 Å². The van der Waals surface area contributed by atoms with E-state index in [2.05, 4.69) is 29.0 Å². The third-order valence-electron chi connectivity index (χ3n) is 4.37. The smallest absolute Gasteiger partial charge is 0.0620 e. The van der Waals surface area contributed by atoms with Gasteiger partial charge in [0.15, 0.2) is 0 Å². The molecule has 106 valence electrons. The van der Waals surface area contributed by atoms with Crippen molar-refractivity contribution in [1.82, 2.24) is 15.1 Å². The average Bonchev–Trinajstić information content (AvgIpc) is 2.88. The van der Waals surface area contributed by atoms with Crippen LogP contribution < -0.4 is 5.32 Å². The molecule has 0 aromatic rings. The zero-order chi connectivity index (χ0) is 12.8. The molecule has 0 spiro atoms. The number of hydrogen-bond donors (Lipinski definition) is 1. The Balaban J connectivity index is 1.65. The Hall–Kier alpha value is -0.160. The molecule has 4 nitrogen and oxygen atoms in total. The molecular weight excluding hydrogens is 226 g/mol. The normalized spacial score (nSPS) is 30.2. The fraction of sp³-hybridized carbons (Fsp3) is 1.00. The Bertz CT molecular complexity index is 227. The van der Waals surface area contributed by atoms with Gasteiger partial charge < -0.3 is 15.0 Å². The minimum atomic E-state index is 0.575. The quantitative estimate of drug-likeness (QED) is 0.759. The van der Waals surface area contributed by atoms with Crippen LogP contribution in [0.2, 0.25) is 0 Å². The molecule has 0 aliphatic carbocycles. The van der Waals surface area contributed by atoms with Gasteiger partial charge in [0.25, 0.3) is 0 Å². The molecule has 2 fully saturated rings. The summed E-state index contributed by atoms with van der Waals surface area (Å²) in [5.41, 5.74) is 0. The number of nitrogens with one attached hydrogen (secondary N) is 1. The summed E-state index contributed by atoms with van der Waals surface area (Å²) in [5, 5.41) is 3.54. The van der Waals surface area contributed by atoms with Gasteiger partial charge >= 0.3 is 0 Å². The fourth-order valence-electron chi connectivity index (χ4n) is 3.20. The first kappa shape index (κ1) is 14.3. The van der Waals surface area contributed by atoms with Crippen LogP contribution in [0.3, 0.4) is 0 Å². The molecule has 0 bridgehead atoms. The first-order valence-corrected chi connectivity index (χ1v) is 7.61. The Labute approximate surface area is 112 Å². The van der Waals surface area contributed by atoms with Crippen LogP contribution in [0.15, 0.2) is 0 Å². The van der Waals surface area contributed by atoms with Crippen molar-refractivity contribution in [2.24, 2.45) is 0 Å². The first-order chi connectivity index (χ1) is 8.83. The van der Waals surface area contributed by atoms with E-state index in [0.717, 1.165) is 25.8 Å². The molecule has 2 rings (SSSR count). The summed E-state index contributed by atoms with van der Waals surface area (Å²) in [6.07, 6.45) is 2.57. The molecule has 0 aromatic heterocycles. The molecule has 2 heterocycles. The second-order valence-corrected chi connectivity index (χ2v) is 5.48. The summed E-state index contributed by atoms with van der Waals surface area (Å²) in [4.78, 5) is 5.22. The van der Waals surface area contributed by atoms with Gasteiger partial charge in [-0.1, -0.05) is 13.8 Å². The Kier molecular flexibility index (Phi) is 5.89. The largest absolute Gasteiger partial charge is 0.379 e. The van der Waals surface area contributed by atoms with Gasteiger partial charge in [0.1, 0.15) is 0 Å². The molecule has 0 aromatic carbocycles. The van der Waals surface area contributed by atoms with E-state index in [0.29, 0.717) is 6.04 Å². The van der Waals surface area contributed by atoms with Crippen LogP contribution in [0.25, 0.3) is 0 Å². The van der Waals surface area contributed by atoms with E-state index < -0.39 is 0 Å². The third-order valence-corrected chi connectivity index (χ3v) is 4.37. The number of morpholine rings is 1. The third kappa shape index (κ3) is 3.92. The van der Waals surface area contributed by atoms with Crippen LogP contribution in [0.1, 0.15) is 26.7 Å². The van der Waals surface area contributed by atoms with Crippen LogP contribution in [0.5, 0.6) is 0 Å². The monoisotopic (exact) mass is 255 g/mol. The maximum Gasteiger partial charge on any atom is 0.0620 e. The van der Waals surface area contributed by atoms with Crippen molar-refractivity contribution in [3.8, 4) is 0 Å². The van der Waals surface area contributed by atoms with Crippen molar-refractivity contribution >= 4 is 0 Å². The maximum atomic E-state index is 5.50. The van der Waals surface area contributed by atoms with Crippen molar-refractivity contribution < 1.29 is 4.74 Å². The summed E-state index contributed by atoms with van der Waals surface area (Å²) in [5.74, 6) is 0. The van der Waals surface area contributed by atoms with E-state index in [1.165, 1.54) is 45.6 Å². The standard InChI is InChI=1S/C14H29N3O/c1-3-17(4-2)14-6-9-16(11-14)8-5-13-12-18-10-7-15-13/h13-15H,3-12H2,1-2H3. The topological polar surface area (TPSA) is 27.7 Å². The molecule has 2 aliphatic rings. The van der Waals surface area contributed by atoms with Gasteiger partial charge in [-0.15, -0.1) is 0 Å². The van der Waals surface area contributed by atoms with Crippen molar-refractivity contribution in [1.29, 1.82) is 0 Å². The molecule has 18 heavy (non-hydrogen) atoms. The van der Waals surface area contributed by atoms with Gasteiger partial charge in [-0.05, 0) is 39.0 Å². The van der Waals surface area contributed by atoms with Crippen molar-refractivity contribution in [2.75, 3.05) is 52.5 Å². The fourth-order valence-corrected chi connectivity index (χ4v) is 3.20. The van der Waals surface area contributed by atoms with Gasteiger partial charge in [-0.3, -0.25) is 4.90 Å². The summed E-state index contributed by atoms with van der Waals surface area (Å²) >= 11 is 0. The van der Waals surface area contributed by atoms with Crippen LogP contribution >= 0.6 is 0 Å². The highest BCUT2D eigenvalue weighted by Crippen LogP contribution is 2.16. The van der Waals surface area contributed by atoms with E-state index >= 15 is 0 Å². The lowest BCUT2D eigenvalue weighted by molar-refractivity contribution is 0.0706. The molecule has 0 amide bonds. The predicted octanol–water partition coefficient (Wildman–Crippen LogP) is 0.781. The zero-order valence-corrected chi connectivity index (χ0v) is 12.0. The summed E-state index contributed by atoms with van der Waals surface area (Å²) in [7, 11) is 0. The average molecular weight is 255 g/mol. The van der Waals surface area contributed by atoms with Crippen LogP contribution in [-0.4, -0.2) is 74.4 Å². The van der Waals surface area contributed by atoms with Gasteiger partial charge in [-0.25, -0.2) is 0 Å². The zero-order valence-electron chi connectivity index (χ0n) is 12.0. The lowest BCUT2D eigenvalue weighted by atomic mass is 10.2. The molecule has 0 radical (unpaired) electrons. The second kappa shape index (κ2) is 7.43. The highest BCUT2D eigenvalue weighted by atomic mass is 16.5. The van der Waals surface area contributed by atoms with Gasteiger partial charge in [-0.2, -0.15) is 0 Å². The number of ether oxygens (including phenoxy) is 1. The Morgan fingerprint density at radius 3 is 2.83 bits per heavy atom. The molecule has 2 saturated heterocycles. The molecule has 2 atom stereocenters. The highest BCUT2D eigenvalue weighted by Gasteiger charge is 2.26.